The van der Waals surface area contributed by atoms with Gasteiger partial charge in [0.15, 0.2) is 11.7 Å². The van der Waals surface area contributed by atoms with Crippen LogP contribution in [0.5, 0.6) is 5.75 Å². The monoisotopic (exact) mass is 413 g/mol. The van der Waals surface area contributed by atoms with Crippen molar-refractivity contribution in [2.75, 3.05) is 7.11 Å². The Balaban J connectivity index is 1.44. The first-order valence-electron chi connectivity index (χ1n) is 8.99. The summed E-state index contributed by atoms with van der Waals surface area (Å²) in [4.78, 5) is 28.4. The molecule has 0 atom stereocenters. The first-order valence-corrected chi connectivity index (χ1v) is 9.37. The van der Waals surface area contributed by atoms with Crippen LogP contribution >= 0.6 is 11.6 Å². The number of amides is 2. The fourth-order valence-corrected chi connectivity index (χ4v) is 2.85. The van der Waals surface area contributed by atoms with E-state index in [1.54, 1.807) is 18.3 Å². The average molecular weight is 414 g/mol. The zero-order chi connectivity index (χ0) is 20.6. The number of hydrogen-bond acceptors (Lipinski definition) is 5. The van der Waals surface area contributed by atoms with Crippen molar-refractivity contribution in [3.63, 3.8) is 0 Å². The lowest BCUT2D eigenvalue weighted by Gasteiger charge is -2.10. The summed E-state index contributed by atoms with van der Waals surface area (Å²) >= 11 is 5.91. The van der Waals surface area contributed by atoms with E-state index in [4.69, 9.17) is 20.8 Å². The Morgan fingerprint density at radius 1 is 1.14 bits per heavy atom. The minimum absolute atomic E-state index is 0.204. The predicted octanol–water partition coefficient (Wildman–Crippen LogP) is 3.79. The number of aryl methyl sites for hydroxylation is 1. The van der Waals surface area contributed by atoms with Crippen LogP contribution in [0.25, 0.3) is 11.3 Å². The fraction of sp³-hybridized carbons (Fsp3) is 0.190. The Kier molecular flexibility index (Phi) is 6.86. The van der Waals surface area contributed by atoms with Gasteiger partial charge in [-0.3, -0.25) is 20.4 Å². The van der Waals surface area contributed by atoms with E-state index in [-0.39, 0.29) is 17.9 Å². The normalized spacial score (nSPS) is 10.4. The van der Waals surface area contributed by atoms with Crippen molar-refractivity contribution in [3.05, 3.63) is 71.2 Å². The third-order valence-corrected chi connectivity index (χ3v) is 4.36. The van der Waals surface area contributed by atoms with Gasteiger partial charge >= 0.3 is 0 Å². The number of halogens is 1. The van der Waals surface area contributed by atoms with Crippen LogP contribution in [0.3, 0.4) is 0 Å². The van der Waals surface area contributed by atoms with Gasteiger partial charge in [-0.15, -0.1) is 0 Å². The molecule has 2 N–H and O–H groups in total. The van der Waals surface area contributed by atoms with Gasteiger partial charge in [-0.1, -0.05) is 41.9 Å². The molecule has 8 heteroatoms. The van der Waals surface area contributed by atoms with Crippen molar-refractivity contribution < 1.29 is 18.7 Å². The molecular formula is C21H20ClN3O4. The first-order chi connectivity index (χ1) is 14.1. The van der Waals surface area contributed by atoms with Crippen LogP contribution in [0.2, 0.25) is 5.02 Å². The van der Waals surface area contributed by atoms with Crippen LogP contribution in [-0.4, -0.2) is 23.9 Å². The SMILES string of the molecule is COc1ccc(Cl)cc1C(=O)NNC(=O)CCCc1ncc(-c2ccccc2)o1. The molecule has 3 rings (SSSR count). The molecule has 0 saturated carbocycles. The summed E-state index contributed by atoms with van der Waals surface area (Å²) in [7, 11) is 1.45. The number of benzene rings is 2. The second-order valence-corrected chi connectivity index (χ2v) is 6.62. The lowest BCUT2D eigenvalue weighted by Crippen LogP contribution is -2.41. The number of carbonyl (C=O) groups excluding carboxylic acids is 2. The van der Waals surface area contributed by atoms with E-state index >= 15 is 0 Å². The van der Waals surface area contributed by atoms with Crippen LogP contribution in [0.1, 0.15) is 29.1 Å². The van der Waals surface area contributed by atoms with Gasteiger partial charge in [0.2, 0.25) is 5.91 Å². The Morgan fingerprint density at radius 3 is 2.69 bits per heavy atom. The summed E-state index contributed by atoms with van der Waals surface area (Å²) < 4.78 is 10.8. The molecule has 0 radical (unpaired) electrons. The fourth-order valence-electron chi connectivity index (χ4n) is 2.68. The smallest absolute Gasteiger partial charge is 0.273 e. The van der Waals surface area contributed by atoms with Crippen molar-refractivity contribution >= 4 is 23.4 Å². The molecule has 0 aliphatic heterocycles. The highest BCUT2D eigenvalue weighted by Crippen LogP contribution is 2.22. The quantitative estimate of drug-likeness (QED) is 0.575. The Labute approximate surface area is 173 Å². The number of hydrazine groups is 1. The second-order valence-electron chi connectivity index (χ2n) is 6.18. The van der Waals surface area contributed by atoms with Crippen molar-refractivity contribution in [1.82, 2.24) is 15.8 Å². The summed E-state index contributed by atoms with van der Waals surface area (Å²) in [5.74, 6) is 0.767. The molecule has 0 bridgehead atoms. The van der Waals surface area contributed by atoms with E-state index in [0.29, 0.717) is 35.3 Å². The largest absolute Gasteiger partial charge is 0.496 e. The van der Waals surface area contributed by atoms with Gasteiger partial charge in [-0.25, -0.2) is 4.98 Å². The third kappa shape index (κ3) is 5.58. The molecule has 3 aromatic rings. The van der Waals surface area contributed by atoms with E-state index in [0.717, 1.165) is 5.56 Å². The molecule has 0 aliphatic rings. The number of carbonyl (C=O) groups is 2. The molecule has 0 saturated heterocycles. The number of nitrogens with zero attached hydrogens (tertiary/aromatic N) is 1. The van der Waals surface area contributed by atoms with Gasteiger partial charge in [-0.05, 0) is 24.6 Å². The van der Waals surface area contributed by atoms with Crippen LogP contribution in [-0.2, 0) is 11.2 Å². The number of hydrogen-bond donors (Lipinski definition) is 2. The van der Waals surface area contributed by atoms with Crippen LogP contribution in [0, 0.1) is 0 Å². The van der Waals surface area contributed by atoms with Crippen molar-refractivity contribution in [3.8, 4) is 17.1 Å². The molecule has 1 heterocycles. The minimum Gasteiger partial charge on any atom is -0.496 e. The Bertz CT molecular complexity index is 989. The molecule has 7 nitrogen and oxygen atoms in total. The number of rotatable bonds is 7. The number of oxazole rings is 1. The maximum atomic E-state index is 12.2. The van der Waals surface area contributed by atoms with E-state index < -0.39 is 5.91 Å². The number of methoxy groups -OCH3 is 1. The molecule has 29 heavy (non-hydrogen) atoms. The molecule has 0 unspecified atom stereocenters. The molecule has 0 fully saturated rings. The second kappa shape index (κ2) is 9.75. The predicted molar refractivity (Wildman–Crippen MR) is 108 cm³/mol. The minimum atomic E-state index is -0.516. The van der Waals surface area contributed by atoms with Gasteiger partial charge in [-0.2, -0.15) is 0 Å². The zero-order valence-electron chi connectivity index (χ0n) is 15.8. The first kappa shape index (κ1) is 20.4. The van der Waals surface area contributed by atoms with Gasteiger partial charge in [0.1, 0.15) is 5.75 Å². The molecule has 150 valence electrons. The van der Waals surface area contributed by atoms with Crippen LogP contribution in [0.4, 0.5) is 0 Å². The maximum Gasteiger partial charge on any atom is 0.273 e. The molecule has 2 amide bonds. The van der Waals surface area contributed by atoms with Crippen molar-refractivity contribution in [2.24, 2.45) is 0 Å². The van der Waals surface area contributed by atoms with Gasteiger partial charge < -0.3 is 9.15 Å². The third-order valence-electron chi connectivity index (χ3n) is 4.13. The zero-order valence-corrected chi connectivity index (χ0v) is 16.5. The maximum absolute atomic E-state index is 12.2. The molecule has 0 aliphatic carbocycles. The van der Waals surface area contributed by atoms with E-state index in [1.165, 1.54) is 13.2 Å². The van der Waals surface area contributed by atoms with Crippen LogP contribution < -0.4 is 15.6 Å². The molecule has 0 spiro atoms. The standard InChI is InChI=1S/C21H20ClN3O4/c1-28-17-11-10-15(22)12-16(17)21(27)25-24-19(26)8-5-9-20-23-13-18(29-20)14-6-3-2-4-7-14/h2-4,6-7,10-13H,5,8-9H2,1H3,(H,24,26)(H,25,27). The van der Waals surface area contributed by atoms with Crippen LogP contribution in [0.15, 0.2) is 59.1 Å². The Morgan fingerprint density at radius 2 is 1.93 bits per heavy atom. The highest BCUT2D eigenvalue weighted by Gasteiger charge is 2.14. The number of nitrogens with one attached hydrogen (secondary N) is 2. The summed E-state index contributed by atoms with van der Waals surface area (Å²) in [5, 5.41) is 0.392. The Hall–Kier alpha value is -3.32. The van der Waals surface area contributed by atoms with Gasteiger partial charge in [0.25, 0.3) is 5.91 Å². The lowest BCUT2D eigenvalue weighted by atomic mass is 10.2. The topological polar surface area (TPSA) is 93.5 Å². The summed E-state index contributed by atoms with van der Waals surface area (Å²) in [6.45, 7) is 0. The number of aromatic nitrogens is 1. The van der Waals surface area contributed by atoms with Gasteiger partial charge in [0, 0.05) is 23.4 Å². The summed E-state index contributed by atoms with van der Waals surface area (Å²) in [5.41, 5.74) is 5.92. The van der Waals surface area contributed by atoms with Crippen molar-refractivity contribution in [2.45, 2.75) is 19.3 Å². The van der Waals surface area contributed by atoms with Gasteiger partial charge in [0.05, 0.1) is 18.9 Å². The molecule has 2 aromatic carbocycles. The number of ether oxygens (including phenoxy) is 1. The lowest BCUT2D eigenvalue weighted by molar-refractivity contribution is -0.121. The summed E-state index contributed by atoms with van der Waals surface area (Å²) in [6.07, 6.45) is 2.91. The van der Waals surface area contributed by atoms with E-state index in [2.05, 4.69) is 15.8 Å². The molecular weight excluding hydrogens is 394 g/mol. The average Bonchev–Trinajstić information content (AvgIpc) is 3.21. The highest BCUT2D eigenvalue weighted by molar-refractivity contribution is 6.31. The van der Waals surface area contributed by atoms with E-state index in [1.807, 2.05) is 30.3 Å². The van der Waals surface area contributed by atoms with E-state index in [9.17, 15) is 9.59 Å². The highest BCUT2D eigenvalue weighted by atomic mass is 35.5. The van der Waals surface area contributed by atoms with Crippen molar-refractivity contribution in [1.29, 1.82) is 0 Å². The summed E-state index contributed by atoms with van der Waals surface area (Å²) in [6, 6.07) is 14.3. The molecule has 1 aromatic heterocycles.